The van der Waals surface area contributed by atoms with E-state index in [9.17, 15) is 5.11 Å². The lowest BCUT2D eigenvalue weighted by Crippen LogP contribution is -2.41. The van der Waals surface area contributed by atoms with Gasteiger partial charge in [-0.2, -0.15) is 16.9 Å². The summed E-state index contributed by atoms with van der Waals surface area (Å²) >= 11 is 5.37. The molecule has 0 radical (unpaired) electrons. The third-order valence-electron chi connectivity index (χ3n) is 3.39. The maximum atomic E-state index is 11.0. The van der Waals surface area contributed by atoms with E-state index in [1.54, 1.807) is 6.20 Å². The van der Waals surface area contributed by atoms with Crippen molar-refractivity contribution in [3.05, 3.63) is 16.4 Å². The summed E-state index contributed by atoms with van der Waals surface area (Å²) in [5.41, 5.74) is 0.176. The summed E-state index contributed by atoms with van der Waals surface area (Å²) in [6.45, 7) is 6.29. The maximum absolute atomic E-state index is 11.0. The van der Waals surface area contributed by atoms with Crippen molar-refractivity contribution in [3.8, 4) is 0 Å². The number of aliphatic hydroxyl groups is 1. The molecule has 0 aromatic carbocycles. The molecule has 1 aromatic rings. The van der Waals surface area contributed by atoms with Crippen molar-refractivity contribution in [2.45, 2.75) is 50.5 Å². The monoisotopic (exact) mass is 318 g/mol. The lowest BCUT2D eigenvalue weighted by Gasteiger charge is -2.38. The molecule has 0 spiro atoms. The minimum atomic E-state index is -0.761. The molecule has 1 aromatic heterocycles. The number of thioether (sulfide) groups is 1. The standard InChI is InChI=1S/C12H19BrN2OS/c1-8(2)15-11(10(13)7-14-15)12(16)5-4-6-17-9(12)3/h7-9,16H,4-6H2,1-3H3. The van der Waals surface area contributed by atoms with Gasteiger partial charge in [0, 0.05) is 11.3 Å². The molecule has 17 heavy (non-hydrogen) atoms. The van der Waals surface area contributed by atoms with Crippen molar-refractivity contribution in [2.75, 3.05) is 5.75 Å². The van der Waals surface area contributed by atoms with Gasteiger partial charge in [0.15, 0.2) is 0 Å². The summed E-state index contributed by atoms with van der Waals surface area (Å²) in [7, 11) is 0. The first kappa shape index (κ1) is 13.4. The Hall–Kier alpha value is -0.0000000000000000555. The van der Waals surface area contributed by atoms with Crippen LogP contribution >= 0.6 is 27.7 Å². The Morgan fingerprint density at radius 2 is 2.35 bits per heavy atom. The SMILES string of the molecule is CC(C)n1ncc(Br)c1C1(O)CCCSC1C. The average molecular weight is 319 g/mol. The molecule has 1 aliphatic heterocycles. The molecule has 1 N–H and O–H groups in total. The number of hydrogen-bond acceptors (Lipinski definition) is 3. The zero-order valence-electron chi connectivity index (χ0n) is 10.5. The summed E-state index contributed by atoms with van der Waals surface area (Å²) < 4.78 is 2.86. The molecule has 1 aliphatic rings. The van der Waals surface area contributed by atoms with Crippen LogP contribution in [-0.2, 0) is 5.60 Å². The van der Waals surface area contributed by atoms with Crippen LogP contribution in [0.3, 0.4) is 0 Å². The molecule has 1 saturated heterocycles. The Kier molecular flexibility index (Phi) is 3.90. The molecule has 1 fully saturated rings. The predicted molar refractivity (Wildman–Crippen MR) is 75.4 cm³/mol. The first-order chi connectivity index (χ1) is 7.97. The van der Waals surface area contributed by atoms with Gasteiger partial charge in [-0.1, -0.05) is 6.92 Å². The molecule has 5 heteroatoms. The van der Waals surface area contributed by atoms with Gasteiger partial charge in [-0.15, -0.1) is 0 Å². The van der Waals surface area contributed by atoms with E-state index in [-0.39, 0.29) is 11.3 Å². The number of nitrogens with zero attached hydrogens (tertiary/aromatic N) is 2. The molecular formula is C12H19BrN2OS. The average Bonchev–Trinajstić information content (AvgIpc) is 2.65. The highest BCUT2D eigenvalue weighted by molar-refractivity contribution is 9.10. The van der Waals surface area contributed by atoms with Crippen molar-refractivity contribution < 1.29 is 5.11 Å². The van der Waals surface area contributed by atoms with Crippen LogP contribution in [0, 0.1) is 0 Å². The lowest BCUT2D eigenvalue weighted by molar-refractivity contribution is 0.0147. The lowest BCUT2D eigenvalue weighted by atomic mass is 9.90. The second-order valence-electron chi connectivity index (χ2n) is 4.92. The van der Waals surface area contributed by atoms with Gasteiger partial charge in [0.05, 0.1) is 16.4 Å². The molecule has 2 rings (SSSR count). The van der Waals surface area contributed by atoms with Crippen molar-refractivity contribution in [3.63, 3.8) is 0 Å². The van der Waals surface area contributed by atoms with Crippen LogP contribution in [-0.4, -0.2) is 25.9 Å². The topological polar surface area (TPSA) is 38.0 Å². The zero-order chi connectivity index (χ0) is 12.6. The molecule has 3 nitrogen and oxygen atoms in total. The fourth-order valence-corrected chi connectivity index (χ4v) is 4.18. The number of aromatic nitrogens is 2. The second-order valence-corrected chi connectivity index (χ2v) is 7.22. The first-order valence-corrected chi connectivity index (χ1v) is 7.88. The Morgan fingerprint density at radius 3 is 2.94 bits per heavy atom. The summed E-state index contributed by atoms with van der Waals surface area (Å²) in [6, 6.07) is 0.263. The van der Waals surface area contributed by atoms with Gasteiger partial charge >= 0.3 is 0 Å². The summed E-state index contributed by atoms with van der Waals surface area (Å²) in [6.07, 6.45) is 3.67. The van der Waals surface area contributed by atoms with E-state index < -0.39 is 5.60 Å². The second kappa shape index (κ2) is 4.94. The molecule has 0 bridgehead atoms. The molecule has 96 valence electrons. The fraction of sp³-hybridized carbons (Fsp3) is 0.750. The van der Waals surface area contributed by atoms with E-state index in [1.807, 2.05) is 16.4 Å². The van der Waals surface area contributed by atoms with E-state index in [0.29, 0.717) is 0 Å². The smallest absolute Gasteiger partial charge is 0.119 e. The van der Waals surface area contributed by atoms with Crippen LogP contribution in [0.25, 0.3) is 0 Å². The Morgan fingerprint density at radius 1 is 1.65 bits per heavy atom. The molecule has 2 heterocycles. The van der Waals surface area contributed by atoms with Gasteiger partial charge in [-0.25, -0.2) is 0 Å². The molecule has 0 aliphatic carbocycles. The fourth-order valence-electron chi connectivity index (χ4n) is 2.39. The molecule has 0 saturated carbocycles. The zero-order valence-corrected chi connectivity index (χ0v) is 12.9. The van der Waals surface area contributed by atoms with E-state index in [2.05, 4.69) is 41.8 Å². The molecule has 2 atom stereocenters. The summed E-state index contributed by atoms with van der Waals surface area (Å²) in [5.74, 6) is 1.14. The van der Waals surface area contributed by atoms with Gasteiger partial charge in [0.2, 0.25) is 0 Å². The van der Waals surface area contributed by atoms with Crippen molar-refractivity contribution in [2.24, 2.45) is 0 Å². The molecule has 0 amide bonds. The maximum Gasteiger partial charge on any atom is 0.119 e. The van der Waals surface area contributed by atoms with E-state index in [4.69, 9.17) is 0 Å². The van der Waals surface area contributed by atoms with Gasteiger partial charge in [0.1, 0.15) is 5.60 Å². The number of hydrogen-bond donors (Lipinski definition) is 1. The summed E-state index contributed by atoms with van der Waals surface area (Å²) in [4.78, 5) is 0. The van der Waals surface area contributed by atoms with E-state index >= 15 is 0 Å². The highest BCUT2D eigenvalue weighted by atomic mass is 79.9. The number of rotatable bonds is 2. The quantitative estimate of drug-likeness (QED) is 0.909. The third kappa shape index (κ3) is 2.29. The summed E-state index contributed by atoms with van der Waals surface area (Å²) in [5, 5.41) is 15.6. The normalized spacial score (nSPS) is 29.9. The highest BCUT2D eigenvalue weighted by Crippen LogP contribution is 2.44. The molecular weight excluding hydrogens is 300 g/mol. The predicted octanol–water partition coefficient (Wildman–Crippen LogP) is 3.33. The first-order valence-electron chi connectivity index (χ1n) is 6.04. The van der Waals surface area contributed by atoms with E-state index in [1.165, 1.54) is 0 Å². The Labute approximate surface area is 115 Å². The molecule has 2 unspecified atom stereocenters. The van der Waals surface area contributed by atoms with Gasteiger partial charge in [-0.3, -0.25) is 4.68 Å². The van der Waals surface area contributed by atoms with Gasteiger partial charge < -0.3 is 5.11 Å². The Balaban J connectivity index is 2.47. The minimum absolute atomic E-state index is 0.210. The van der Waals surface area contributed by atoms with Gasteiger partial charge in [-0.05, 0) is 48.4 Å². The van der Waals surface area contributed by atoms with Crippen LogP contribution in [0.4, 0.5) is 0 Å². The van der Waals surface area contributed by atoms with E-state index in [0.717, 1.165) is 28.8 Å². The highest BCUT2D eigenvalue weighted by Gasteiger charge is 2.42. The van der Waals surface area contributed by atoms with Crippen molar-refractivity contribution in [1.29, 1.82) is 0 Å². The van der Waals surface area contributed by atoms with Crippen LogP contribution < -0.4 is 0 Å². The van der Waals surface area contributed by atoms with Crippen molar-refractivity contribution in [1.82, 2.24) is 9.78 Å². The largest absolute Gasteiger partial charge is 0.382 e. The van der Waals surface area contributed by atoms with Crippen LogP contribution in [0.1, 0.15) is 45.3 Å². The third-order valence-corrected chi connectivity index (χ3v) is 5.39. The number of halogens is 1. The Bertz CT molecular complexity index is 407. The van der Waals surface area contributed by atoms with Crippen molar-refractivity contribution >= 4 is 27.7 Å². The van der Waals surface area contributed by atoms with Gasteiger partial charge in [0.25, 0.3) is 0 Å². The van der Waals surface area contributed by atoms with Crippen LogP contribution in [0.2, 0.25) is 0 Å². The van der Waals surface area contributed by atoms with Crippen LogP contribution in [0.15, 0.2) is 10.7 Å². The van der Waals surface area contributed by atoms with Crippen LogP contribution in [0.5, 0.6) is 0 Å². The minimum Gasteiger partial charge on any atom is -0.382 e.